The molecule has 2 heterocycles. The molecule has 1 aliphatic rings. The van der Waals surface area contributed by atoms with Gasteiger partial charge in [-0.2, -0.15) is 0 Å². The number of carbonyl (C=O) groups is 2. The van der Waals surface area contributed by atoms with Gasteiger partial charge >= 0.3 is 12.1 Å². The molecule has 1 aromatic rings. The first-order valence-electron chi connectivity index (χ1n) is 7.29. The molecule has 1 saturated heterocycles. The summed E-state index contributed by atoms with van der Waals surface area (Å²) in [5, 5.41) is 0.899. The van der Waals surface area contributed by atoms with Crippen LogP contribution < -0.4 is 0 Å². The van der Waals surface area contributed by atoms with E-state index in [-0.39, 0.29) is 12.1 Å². The molecule has 0 N–H and O–H groups in total. The Bertz CT molecular complexity index is 550. The summed E-state index contributed by atoms with van der Waals surface area (Å²) in [6.07, 6.45) is 2.98. The van der Waals surface area contributed by atoms with Gasteiger partial charge in [-0.25, -0.2) is 14.6 Å². The number of esters is 1. The van der Waals surface area contributed by atoms with Gasteiger partial charge in [0, 0.05) is 19.5 Å². The van der Waals surface area contributed by atoms with E-state index in [0.717, 1.165) is 17.8 Å². The summed E-state index contributed by atoms with van der Waals surface area (Å²) in [5.41, 5.74) is -0.472. The van der Waals surface area contributed by atoms with Crippen LogP contribution in [0, 0.1) is 5.92 Å². The fourth-order valence-electron chi connectivity index (χ4n) is 2.34. The van der Waals surface area contributed by atoms with Crippen molar-refractivity contribution in [3.63, 3.8) is 0 Å². The Hall–Kier alpha value is -1.63. The Labute approximate surface area is 134 Å². The van der Waals surface area contributed by atoms with E-state index in [1.165, 1.54) is 18.4 Å². The van der Waals surface area contributed by atoms with Gasteiger partial charge in [-0.15, -0.1) is 11.3 Å². The highest BCUT2D eigenvalue weighted by Gasteiger charge is 2.30. The average Bonchev–Trinajstić information content (AvgIpc) is 3.06. The second kappa shape index (κ2) is 6.64. The van der Waals surface area contributed by atoms with Crippen LogP contribution in [0.15, 0.2) is 6.20 Å². The zero-order valence-corrected chi connectivity index (χ0v) is 14.2. The number of methoxy groups -OCH3 is 1. The molecule has 1 amide bonds. The fourth-order valence-corrected chi connectivity index (χ4v) is 3.29. The second-order valence-corrected chi connectivity index (χ2v) is 7.51. The van der Waals surface area contributed by atoms with Crippen LogP contribution in [0.25, 0.3) is 0 Å². The predicted octanol–water partition coefficient (Wildman–Crippen LogP) is 2.73. The maximum absolute atomic E-state index is 12.0. The summed E-state index contributed by atoms with van der Waals surface area (Å²) in [6.45, 7) is 6.96. The van der Waals surface area contributed by atoms with E-state index in [1.807, 2.05) is 20.8 Å². The number of hydrogen-bond acceptors (Lipinski definition) is 6. The van der Waals surface area contributed by atoms with Crippen LogP contribution in [0.2, 0.25) is 0 Å². The van der Waals surface area contributed by atoms with Gasteiger partial charge in [-0.1, -0.05) is 0 Å². The number of carbonyl (C=O) groups excluding carboxylic acids is 2. The summed E-state index contributed by atoms with van der Waals surface area (Å²) >= 11 is 1.35. The molecule has 0 aromatic carbocycles. The van der Waals surface area contributed by atoms with Crippen LogP contribution in [0.5, 0.6) is 0 Å². The van der Waals surface area contributed by atoms with Crippen LogP contribution in [-0.4, -0.2) is 47.7 Å². The Balaban J connectivity index is 1.87. The van der Waals surface area contributed by atoms with E-state index in [9.17, 15) is 9.59 Å². The summed E-state index contributed by atoms with van der Waals surface area (Å²) in [7, 11) is 1.36. The Morgan fingerprint density at radius 3 is 2.82 bits per heavy atom. The lowest BCUT2D eigenvalue weighted by Crippen LogP contribution is -2.35. The minimum absolute atomic E-state index is 0.260. The van der Waals surface area contributed by atoms with Gasteiger partial charge in [-0.3, -0.25) is 0 Å². The monoisotopic (exact) mass is 326 g/mol. The average molecular weight is 326 g/mol. The first-order valence-corrected chi connectivity index (χ1v) is 8.11. The largest absolute Gasteiger partial charge is 0.465 e. The van der Waals surface area contributed by atoms with Crippen molar-refractivity contribution in [2.75, 3.05) is 20.2 Å². The SMILES string of the molecule is COC(=O)c1cnc(C[C@@H]2CCN(C(=O)OC(C)(C)C)C2)s1. The Morgan fingerprint density at radius 1 is 1.45 bits per heavy atom. The molecule has 0 aliphatic carbocycles. The number of nitrogens with zero attached hydrogens (tertiary/aromatic N) is 2. The first-order chi connectivity index (χ1) is 10.3. The Morgan fingerprint density at radius 2 is 2.18 bits per heavy atom. The van der Waals surface area contributed by atoms with Crippen molar-refractivity contribution in [3.8, 4) is 0 Å². The second-order valence-electron chi connectivity index (χ2n) is 6.40. The number of amides is 1. The van der Waals surface area contributed by atoms with Gasteiger partial charge < -0.3 is 14.4 Å². The van der Waals surface area contributed by atoms with Crippen LogP contribution >= 0.6 is 11.3 Å². The summed E-state index contributed by atoms with van der Waals surface area (Å²) < 4.78 is 10.1. The van der Waals surface area contributed by atoms with E-state index in [2.05, 4.69) is 9.72 Å². The maximum atomic E-state index is 12.0. The lowest BCUT2D eigenvalue weighted by Gasteiger charge is -2.24. The van der Waals surface area contributed by atoms with Gasteiger partial charge in [0.2, 0.25) is 0 Å². The molecular formula is C15H22N2O4S. The molecule has 7 heteroatoms. The fraction of sp³-hybridized carbons (Fsp3) is 0.667. The number of aromatic nitrogens is 1. The first kappa shape index (κ1) is 16.7. The molecule has 0 spiro atoms. The highest BCUT2D eigenvalue weighted by Crippen LogP contribution is 2.25. The van der Waals surface area contributed by atoms with Crippen LogP contribution in [0.4, 0.5) is 4.79 Å². The lowest BCUT2D eigenvalue weighted by molar-refractivity contribution is 0.0288. The van der Waals surface area contributed by atoms with Crippen molar-refractivity contribution in [2.45, 2.75) is 39.2 Å². The topological polar surface area (TPSA) is 68.7 Å². The number of rotatable bonds is 3. The van der Waals surface area contributed by atoms with Crippen molar-refractivity contribution in [1.82, 2.24) is 9.88 Å². The molecule has 6 nitrogen and oxygen atoms in total. The molecule has 0 bridgehead atoms. The van der Waals surface area contributed by atoms with Crippen molar-refractivity contribution in [2.24, 2.45) is 5.92 Å². The van der Waals surface area contributed by atoms with Crippen LogP contribution in [0.3, 0.4) is 0 Å². The molecule has 1 aromatic heterocycles. The number of hydrogen-bond donors (Lipinski definition) is 0. The zero-order chi connectivity index (χ0) is 16.3. The third-order valence-electron chi connectivity index (χ3n) is 3.34. The highest BCUT2D eigenvalue weighted by atomic mass is 32.1. The summed E-state index contributed by atoms with van der Waals surface area (Å²) in [6, 6.07) is 0. The van der Waals surface area contributed by atoms with Gasteiger partial charge in [0.15, 0.2) is 0 Å². The van der Waals surface area contributed by atoms with Crippen LogP contribution in [-0.2, 0) is 15.9 Å². The third kappa shape index (κ3) is 4.43. The molecule has 22 heavy (non-hydrogen) atoms. The van der Waals surface area contributed by atoms with E-state index in [0.29, 0.717) is 23.9 Å². The van der Waals surface area contributed by atoms with E-state index in [1.54, 1.807) is 11.1 Å². The molecule has 0 radical (unpaired) electrons. The third-order valence-corrected chi connectivity index (χ3v) is 4.34. The minimum atomic E-state index is -0.472. The predicted molar refractivity (Wildman–Crippen MR) is 83.1 cm³/mol. The molecule has 0 unspecified atom stereocenters. The van der Waals surface area contributed by atoms with Gasteiger partial charge in [-0.05, 0) is 33.1 Å². The molecule has 1 atom stereocenters. The van der Waals surface area contributed by atoms with Crippen molar-refractivity contribution < 1.29 is 19.1 Å². The van der Waals surface area contributed by atoms with E-state index >= 15 is 0 Å². The standard InChI is InChI=1S/C15H22N2O4S/c1-15(2,3)21-14(19)17-6-5-10(9-17)7-12-16-8-11(22-12)13(18)20-4/h8,10H,5-7,9H2,1-4H3/t10-/m0/s1. The molecule has 122 valence electrons. The summed E-state index contributed by atoms with van der Waals surface area (Å²) in [4.78, 5) is 30.0. The van der Waals surface area contributed by atoms with Gasteiger partial charge in [0.1, 0.15) is 10.5 Å². The summed E-state index contributed by atoms with van der Waals surface area (Å²) in [5.74, 6) is -0.00489. The molecule has 1 aliphatic heterocycles. The lowest BCUT2D eigenvalue weighted by atomic mass is 10.1. The number of thiazole rings is 1. The van der Waals surface area contributed by atoms with Crippen molar-refractivity contribution >= 4 is 23.4 Å². The number of likely N-dealkylation sites (tertiary alicyclic amines) is 1. The molecular weight excluding hydrogens is 304 g/mol. The van der Waals surface area contributed by atoms with Gasteiger partial charge in [0.25, 0.3) is 0 Å². The van der Waals surface area contributed by atoms with E-state index in [4.69, 9.17) is 4.74 Å². The minimum Gasteiger partial charge on any atom is -0.465 e. The zero-order valence-electron chi connectivity index (χ0n) is 13.4. The van der Waals surface area contributed by atoms with E-state index < -0.39 is 5.60 Å². The normalized spacial score (nSPS) is 18.4. The quantitative estimate of drug-likeness (QED) is 0.799. The van der Waals surface area contributed by atoms with Crippen LogP contribution in [0.1, 0.15) is 41.9 Å². The Kier molecular flexibility index (Phi) is 5.05. The smallest absolute Gasteiger partial charge is 0.410 e. The molecule has 0 saturated carbocycles. The van der Waals surface area contributed by atoms with Crippen molar-refractivity contribution in [1.29, 1.82) is 0 Å². The molecule has 2 rings (SSSR count). The number of ether oxygens (including phenoxy) is 2. The molecule has 1 fully saturated rings. The van der Waals surface area contributed by atoms with Crippen molar-refractivity contribution in [3.05, 3.63) is 16.1 Å². The highest BCUT2D eigenvalue weighted by molar-refractivity contribution is 7.13. The van der Waals surface area contributed by atoms with Gasteiger partial charge in [0.05, 0.1) is 18.3 Å². The maximum Gasteiger partial charge on any atom is 0.410 e.